The molecular weight excluding hydrogens is 419 g/mol. The normalized spacial score (nSPS) is 19.7. The summed E-state index contributed by atoms with van der Waals surface area (Å²) in [6.07, 6.45) is -6.55. The van der Waals surface area contributed by atoms with Crippen molar-refractivity contribution in [2.45, 2.75) is 51.6 Å². The maximum Gasteiger partial charge on any atom is 0.544 e. The first-order valence-corrected chi connectivity index (χ1v) is 8.89. The Hall–Kier alpha value is -2.47. The van der Waals surface area contributed by atoms with Gasteiger partial charge in [0.1, 0.15) is 23.7 Å². The lowest BCUT2D eigenvalue weighted by Gasteiger charge is -2.33. The number of amides is 2. The van der Waals surface area contributed by atoms with Crippen molar-refractivity contribution in [1.82, 2.24) is 4.90 Å². The topological polar surface area (TPSA) is 68.3 Å². The van der Waals surface area contributed by atoms with Crippen LogP contribution in [-0.2, 0) is 19.1 Å². The summed E-state index contributed by atoms with van der Waals surface area (Å²) >= 11 is 0. The zero-order valence-corrected chi connectivity index (χ0v) is 16.5. The SMILES string of the molecule is CC(C)(C)OC(=O)N1CCCC1(F)OCC(=O)N(OC(F)(F)F)c1ccccc1F. The molecule has 0 N–H and O–H groups in total. The maximum atomic E-state index is 15.1. The number of carbonyl (C=O) groups excluding carboxylic acids is 2. The predicted molar refractivity (Wildman–Crippen MR) is 93.0 cm³/mol. The Morgan fingerprint density at radius 3 is 2.40 bits per heavy atom. The van der Waals surface area contributed by atoms with E-state index in [0.29, 0.717) is 4.90 Å². The third-order valence-corrected chi connectivity index (χ3v) is 3.79. The van der Waals surface area contributed by atoms with Crippen LogP contribution in [0.1, 0.15) is 33.6 Å². The highest BCUT2D eigenvalue weighted by atomic mass is 19.4. The standard InChI is InChI=1S/C18H21F5N2O5/c1-16(2,3)29-15(27)24-10-6-9-17(24,20)28-11-14(26)25(30-18(21,22)23)13-8-5-4-7-12(13)19/h4-5,7-8H,6,9-11H2,1-3H3. The van der Waals surface area contributed by atoms with Crippen LogP contribution in [-0.4, -0.2) is 48.0 Å². The van der Waals surface area contributed by atoms with Crippen LogP contribution < -0.4 is 5.06 Å². The first-order chi connectivity index (χ1) is 13.7. The van der Waals surface area contributed by atoms with Gasteiger partial charge in [-0.1, -0.05) is 12.1 Å². The highest BCUT2D eigenvalue weighted by Gasteiger charge is 2.48. The minimum atomic E-state index is -5.33. The highest BCUT2D eigenvalue weighted by molar-refractivity contribution is 5.92. The summed E-state index contributed by atoms with van der Waals surface area (Å²) in [7, 11) is 0. The molecule has 1 unspecified atom stereocenters. The van der Waals surface area contributed by atoms with Gasteiger partial charge in [0.05, 0.1) is 0 Å². The van der Waals surface area contributed by atoms with Gasteiger partial charge in [0.25, 0.3) is 11.9 Å². The van der Waals surface area contributed by atoms with Crippen molar-refractivity contribution in [3.05, 3.63) is 30.1 Å². The van der Waals surface area contributed by atoms with Crippen molar-refractivity contribution < 1.29 is 45.9 Å². The average Bonchev–Trinajstić information content (AvgIpc) is 2.98. The number of carbonyl (C=O) groups is 2. The van der Waals surface area contributed by atoms with Crippen molar-refractivity contribution in [1.29, 1.82) is 0 Å². The van der Waals surface area contributed by atoms with Gasteiger partial charge in [-0.3, -0.25) is 9.69 Å². The van der Waals surface area contributed by atoms with E-state index in [1.165, 1.54) is 12.1 Å². The molecule has 0 aromatic heterocycles. The van der Waals surface area contributed by atoms with E-state index in [1.54, 1.807) is 20.8 Å². The van der Waals surface area contributed by atoms with Gasteiger partial charge >= 0.3 is 12.5 Å². The molecule has 30 heavy (non-hydrogen) atoms. The summed E-state index contributed by atoms with van der Waals surface area (Å²) in [5.74, 6) is -5.50. The molecule has 1 aromatic rings. The van der Waals surface area contributed by atoms with E-state index in [9.17, 15) is 27.2 Å². The molecule has 168 valence electrons. The van der Waals surface area contributed by atoms with Gasteiger partial charge in [-0.05, 0) is 39.3 Å². The number of rotatable bonds is 5. The van der Waals surface area contributed by atoms with Gasteiger partial charge in [-0.25, -0.2) is 9.18 Å². The summed E-state index contributed by atoms with van der Waals surface area (Å²) in [5, 5.41) is -0.370. The van der Waals surface area contributed by atoms with Crippen LogP contribution in [0.15, 0.2) is 24.3 Å². The number of likely N-dealkylation sites (tertiary alicyclic amines) is 1. The van der Waals surface area contributed by atoms with Crippen LogP contribution in [0.5, 0.6) is 0 Å². The number of hydrogen-bond donors (Lipinski definition) is 0. The molecule has 12 heteroatoms. The van der Waals surface area contributed by atoms with Gasteiger partial charge < -0.3 is 9.47 Å². The largest absolute Gasteiger partial charge is 0.544 e. The summed E-state index contributed by atoms with van der Waals surface area (Å²) in [4.78, 5) is 28.7. The molecule has 0 saturated carbocycles. The van der Waals surface area contributed by atoms with E-state index < -0.39 is 48.1 Å². The second-order valence-electron chi connectivity index (χ2n) is 7.39. The molecule has 1 aromatic carbocycles. The third kappa shape index (κ3) is 6.26. The van der Waals surface area contributed by atoms with Gasteiger partial charge in [-0.2, -0.15) is 14.3 Å². The zero-order valence-electron chi connectivity index (χ0n) is 16.5. The van der Waals surface area contributed by atoms with Crippen molar-refractivity contribution in [3.63, 3.8) is 0 Å². The van der Waals surface area contributed by atoms with E-state index in [2.05, 4.69) is 4.84 Å². The average molecular weight is 440 g/mol. The lowest BCUT2D eigenvalue weighted by Crippen LogP contribution is -2.50. The molecule has 1 heterocycles. The Bertz CT molecular complexity index is 783. The molecule has 1 aliphatic heterocycles. The van der Waals surface area contributed by atoms with Crippen molar-refractivity contribution >= 4 is 17.7 Å². The second kappa shape index (κ2) is 8.72. The van der Waals surface area contributed by atoms with E-state index >= 15 is 4.39 Å². The van der Waals surface area contributed by atoms with Crippen molar-refractivity contribution in [3.8, 4) is 0 Å². The van der Waals surface area contributed by atoms with Gasteiger partial charge in [0.2, 0.25) is 0 Å². The molecule has 0 spiro atoms. The van der Waals surface area contributed by atoms with E-state index in [0.717, 1.165) is 12.1 Å². The Kier molecular flexibility index (Phi) is 6.92. The fourth-order valence-electron chi connectivity index (χ4n) is 2.64. The summed E-state index contributed by atoms with van der Waals surface area (Å²) in [5.41, 5.74) is -1.77. The number of benzene rings is 1. The molecule has 0 bridgehead atoms. The number of ether oxygens (including phenoxy) is 2. The van der Waals surface area contributed by atoms with E-state index in [-0.39, 0.29) is 24.4 Å². The monoisotopic (exact) mass is 440 g/mol. The number of anilines is 1. The Morgan fingerprint density at radius 1 is 1.20 bits per heavy atom. The molecule has 1 fully saturated rings. The molecule has 1 aliphatic rings. The molecule has 7 nitrogen and oxygen atoms in total. The maximum absolute atomic E-state index is 15.1. The first kappa shape index (κ1) is 23.8. The Morgan fingerprint density at radius 2 is 1.83 bits per heavy atom. The number of halogens is 5. The fourth-order valence-corrected chi connectivity index (χ4v) is 2.64. The van der Waals surface area contributed by atoms with Crippen LogP contribution >= 0.6 is 0 Å². The van der Waals surface area contributed by atoms with Crippen molar-refractivity contribution in [2.75, 3.05) is 18.2 Å². The molecular formula is C18H21F5N2O5. The summed E-state index contributed by atoms with van der Waals surface area (Å²) in [6, 6.07) is 4.05. The molecule has 1 atom stereocenters. The van der Waals surface area contributed by atoms with Gasteiger partial charge in [0, 0.05) is 13.0 Å². The predicted octanol–water partition coefficient (Wildman–Crippen LogP) is 4.28. The van der Waals surface area contributed by atoms with Crippen LogP contribution in [0, 0.1) is 5.82 Å². The lowest BCUT2D eigenvalue weighted by atomic mass is 10.2. The Labute approximate surface area is 169 Å². The minimum absolute atomic E-state index is 0.0876. The minimum Gasteiger partial charge on any atom is -0.444 e. The van der Waals surface area contributed by atoms with Crippen LogP contribution in [0.4, 0.5) is 32.4 Å². The summed E-state index contributed by atoms with van der Waals surface area (Å²) in [6.45, 7) is 3.33. The van der Waals surface area contributed by atoms with Gasteiger partial charge in [-0.15, -0.1) is 13.2 Å². The first-order valence-electron chi connectivity index (χ1n) is 8.89. The summed E-state index contributed by atoms with van der Waals surface area (Å²) < 4.78 is 77.1. The fraction of sp³-hybridized carbons (Fsp3) is 0.556. The van der Waals surface area contributed by atoms with Crippen molar-refractivity contribution in [2.24, 2.45) is 0 Å². The number of hydrogen-bond acceptors (Lipinski definition) is 5. The highest BCUT2D eigenvalue weighted by Crippen LogP contribution is 2.34. The Balaban J connectivity index is 2.15. The quantitative estimate of drug-likeness (QED) is 0.389. The molecule has 2 rings (SSSR count). The zero-order chi connectivity index (χ0) is 22.7. The lowest BCUT2D eigenvalue weighted by molar-refractivity contribution is -0.328. The third-order valence-electron chi connectivity index (χ3n) is 3.79. The van der Waals surface area contributed by atoms with E-state index in [1.807, 2.05) is 0 Å². The molecule has 2 amide bonds. The molecule has 1 saturated heterocycles. The number of nitrogens with zero attached hydrogens (tertiary/aromatic N) is 2. The molecule has 0 aliphatic carbocycles. The smallest absolute Gasteiger partial charge is 0.444 e. The number of alkyl halides is 4. The van der Waals surface area contributed by atoms with Gasteiger partial charge in [0.15, 0.2) is 0 Å². The number of para-hydroxylation sites is 1. The number of hydroxylamine groups is 1. The van der Waals surface area contributed by atoms with E-state index in [4.69, 9.17) is 9.47 Å². The van der Waals surface area contributed by atoms with Crippen LogP contribution in [0.2, 0.25) is 0 Å². The second-order valence-corrected chi connectivity index (χ2v) is 7.39. The van der Waals surface area contributed by atoms with Crippen LogP contribution in [0.25, 0.3) is 0 Å². The van der Waals surface area contributed by atoms with Crippen LogP contribution in [0.3, 0.4) is 0 Å². The molecule has 0 radical (unpaired) electrons.